The van der Waals surface area contributed by atoms with Crippen LogP contribution in [0, 0.1) is 0 Å². The molecule has 1 aromatic carbocycles. The molecule has 7 nitrogen and oxygen atoms in total. The number of para-hydroxylation sites is 2. The van der Waals surface area contributed by atoms with Gasteiger partial charge in [0, 0.05) is 13.1 Å². The van der Waals surface area contributed by atoms with Crippen LogP contribution in [0.5, 0.6) is 5.75 Å². The van der Waals surface area contributed by atoms with Gasteiger partial charge in [-0.3, -0.25) is 4.79 Å². The lowest BCUT2D eigenvalue weighted by molar-refractivity contribution is -0.127. The lowest BCUT2D eigenvalue weighted by Gasteiger charge is -2.18. The highest BCUT2D eigenvalue weighted by Crippen LogP contribution is 2.25. The van der Waals surface area contributed by atoms with Gasteiger partial charge in [-0.25, -0.2) is 0 Å². The first-order valence-electron chi connectivity index (χ1n) is 7.25. The number of carbonyl (C=O) groups is 1. The first-order valence-corrected chi connectivity index (χ1v) is 8.24. The van der Waals surface area contributed by atoms with Crippen molar-refractivity contribution in [2.45, 2.75) is 5.16 Å². The number of tetrazole rings is 1. The zero-order chi connectivity index (χ0) is 17.4. The van der Waals surface area contributed by atoms with Gasteiger partial charge in [-0.1, -0.05) is 36.0 Å². The third-order valence-electron chi connectivity index (χ3n) is 3.13. The summed E-state index contributed by atoms with van der Waals surface area (Å²) in [6.45, 7) is 8.28. The van der Waals surface area contributed by atoms with Crippen molar-refractivity contribution >= 4 is 17.7 Å². The Kier molecular flexibility index (Phi) is 6.56. The second kappa shape index (κ2) is 8.88. The smallest absolute Gasteiger partial charge is 0.233 e. The van der Waals surface area contributed by atoms with Crippen LogP contribution in [0.25, 0.3) is 5.69 Å². The van der Waals surface area contributed by atoms with Gasteiger partial charge in [0.1, 0.15) is 11.4 Å². The van der Waals surface area contributed by atoms with Gasteiger partial charge in [0.05, 0.1) is 12.9 Å². The minimum absolute atomic E-state index is 0.0330. The normalized spacial score (nSPS) is 10.2. The Balaban J connectivity index is 2.12. The number of methoxy groups -OCH3 is 1. The van der Waals surface area contributed by atoms with Crippen LogP contribution >= 0.6 is 11.8 Å². The van der Waals surface area contributed by atoms with Gasteiger partial charge in [-0.2, -0.15) is 4.68 Å². The lowest BCUT2D eigenvalue weighted by atomic mass is 10.3. The Hall–Kier alpha value is -2.61. The molecule has 126 valence electrons. The Labute approximate surface area is 145 Å². The third-order valence-corrected chi connectivity index (χ3v) is 4.03. The van der Waals surface area contributed by atoms with Gasteiger partial charge in [-0.15, -0.1) is 18.3 Å². The van der Waals surface area contributed by atoms with Crippen LogP contribution in [0.15, 0.2) is 54.7 Å². The molecule has 0 bridgehead atoms. The lowest BCUT2D eigenvalue weighted by Crippen LogP contribution is -2.32. The summed E-state index contributed by atoms with van der Waals surface area (Å²) in [5.74, 6) is 0.837. The number of thioether (sulfide) groups is 1. The molecule has 0 radical (unpaired) electrons. The SMILES string of the molecule is C=CCN(CC=C)C(=O)CSc1nnnn1-c1ccccc1OC. The molecule has 0 aliphatic heterocycles. The van der Waals surface area contributed by atoms with Crippen LogP contribution in [-0.4, -0.2) is 57.0 Å². The molecule has 2 rings (SSSR count). The fourth-order valence-electron chi connectivity index (χ4n) is 2.03. The summed E-state index contributed by atoms with van der Waals surface area (Å²) in [5, 5.41) is 12.2. The maximum absolute atomic E-state index is 12.3. The van der Waals surface area contributed by atoms with E-state index in [4.69, 9.17) is 4.74 Å². The van der Waals surface area contributed by atoms with Crippen LogP contribution < -0.4 is 4.74 Å². The fraction of sp³-hybridized carbons (Fsp3) is 0.250. The molecule has 0 saturated carbocycles. The molecule has 8 heteroatoms. The number of hydrogen-bond donors (Lipinski definition) is 0. The molecular weight excluding hydrogens is 326 g/mol. The summed E-state index contributed by atoms with van der Waals surface area (Å²) in [6.07, 6.45) is 3.37. The fourth-order valence-corrected chi connectivity index (χ4v) is 2.82. The van der Waals surface area contributed by atoms with Crippen molar-refractivity contribution in [2.24, 2.45) is 0 Å². The predicted molar refractivity (Wildman–Crippen MR) is 93.4 cm³/mol. The highest BCUT2D eigenvalue weighted by atomic mass is 32.2. The van der Waals surface area contributed by atoms with E-state index in [1.807, 2.05) is 24.3 Å². The third kappa shape index (κ3) is 4.23. The van der Waals surface area contributed by atoms with Crippen molar-refractivity contribution in [1.82, 2.24) is 25.1 Å². The van der Waals surface area contributed by atoms with Gasteiger partial charge < -0.3 is 9.64 Å². The van der Waals surface area contributed by atoms with Crippen LogP contribution in [0.2, 0.25) is 0 Å². The summed E-state index contributed by atoms with van der Waals surface area (Å²) in [5.41, 5.74) is 0.717. The molecule has 2 aromatic rings. The van der Waals surface area contributed by atoms with E-state index in [0.29, 0.717) is 29.7 Å². The van der Waals surface area contributed by atoms with Crippen molar-refractivity contribution in [3.63, 3.8) is 0 Å². The van der Waals surface area contributed by atoms with Gasteiger partial charge in [0.2, 0.25) is 11.1 Å². The van der Waals surface area contributed by atoms with Gasteiger partial charge in [0.15, 0.2) is 0 Å². The summed E-state index contributed by atoms with van der Waals surface area (Å²) >= 11 is 1.27. The van der Waals surface area contributed by atoms with E-state index in [2.05, 4.69) is 28.7 Å². The van der Waals surface area contributed by atoms with Crippen molar-refractivity contribution in [3.05, 3.63) is 49.6 Å². The predicted octanol–water partition coefficient (Wildman–Crippen LogP) is 1.96. The van der Waals surface area contributed by atoms with E-state index >= 15 is 0 Å². The molecule has 0 aliphatic rings. The number of benzene rings is 1. The molecule has 0 N–H and O–H groups in total. The topological polar surface area (TPSA) is 73.1 Å². The molecule has 0 atom stereocenters. The van der Waals surface area contributed by atoms with Crippen molar-refractivity contribution in [3.8, 4) is 11.4 Å². The van der Waals surface area contributed by atoms with E-state index in [-0.39, 0.29) is 11.7 Å². The summed E-state index contributed by atoms with van der Waals surface area (Å²) < 4.78 is 6.89. The van der Waals surface area contributed by atoms with Gasteiger partial charge in [0.25, 0.3) is 0 Å². The van der Waals surface area contributed by atoms with E-state index in [9.17, 15) is 4.79 Å². The highest BCUT2D eigenvalue weighted by Gasteiger charge is 2.16. The van der Waals surface area contributed by atoms with Gasteiger partial charge in [-0.05, 0) is 22.6 Å². The largest absolute Gasteiger partial charge is 0.494 e. The minimum atomic E-state index is -0.0330. The van der Waals surface area contributed by atoms with Crippen molar-refractivity contribution in [1.29, 1.82) is 0 Å². The molecule has 0 unspecified atom stereocenters. The molecule has 0 fully saturated rings. The number of aromatic nitrogens is 4. The second-order valence-electron chi connectivity index (χ2n) is 4.71. The Bertz CT molecular complexity index is 706. The summed E-state index contributed by atoms with van der Waals surface area (Å²) in [6, 6.07) is 7.41. The molecule has 0 spiro atoms. The Morgan fingerprint density at radius 2 is 2.04 bits per heavy atom. The summed E-state index contributed by atoms with van der Waals surface area (Å²) in [7, 11) is 1.59. The molecular formula is C16H19N5O2S. The zero-order valence-corrected chi connectivity index (χ0v) is 14.3. The van der Waals surface area contributed by atoms with E-state index < -0.39 is 0 Å². The number of amides is 1. The van der Waals surface area contributed by atoms with Crippen molar-refractivity contribution in [2.75, 3.05) is 26.0 Å². The van der Waals surface area contributed by atoms with Crippen LogP contribution in [0.3, 0.4) is 0 Å². The van der Waals surface area contributed by atoms with Crippen LogP contribution in [0.1, 0.15) is 0 Å². The minimum Gasteiger partial charge on any atom is -0.494 e. The van der Waals surface area contributed by atoms with Crippen molar-refractivity contribution < 1.29 is 9.53 Å². The monoisotopic (exact) mass is 345 g/mol. The Morgan fingerprint density at radius 1 is 1.33 bits per heavy atom. The second-order valence-corrected chi connectivity index (χ2v) is 5.65. The first kappa shape index (κ1) is 17.7. The average molecular weight is 345 g/mol. The standard InChI is InChI=1S/C16H19N5O2S/c1-4-10-20(11-5-2)15(22)12-24-16-17-18-19-21(16)13-8-6-7-9-14(13)23-3/h4-9H,1-2,10-12H2,3H3. The average Bonchev–Trinajstić information content (AvgIpc) is 3.07. The number of rotatable bonds is 9. The molecule has 1 heterocycles. The number of hydrogen-bond acceptors (Lipinski definition) is 6. The molecule has 1 aromatic heterocycles. The number of ether oxygens (including phenoxy) is 1. The number of nitrogens with zero attached hydrogens (tertiary/aromatic N) is 5. The molecule has 24 heavy (non-hydrogen) atoms. The maximum Gasteiger partial charge on any atom is 0.233 e. The molecule has 0 saturated heterocycles. The number of carbonyl (C=O) groups excluding carboxylic acids is 1. The van der Waals surface area contributed by atoms with E-state index in [0.717, 1.165) is 0 Å². The van der Waals surface area contributed by atoms with Crippen LogP contribution in [-0.2, 0) is 4.79 Å². The molecule has 1 amide bonds. The first-order chi connectivity index (χ1) is 11.7. The quantitative estimate of drug-likeness (QED) is 0.511. The maximum atomic E-state index is 12.3. The van der Waals surface area contributed by atoms with E-state index in [1.54, 1.807) is 28.8 Å². The zero-order valence-electron chi connectivity index (χ0n) is 13.5. The van der Waals surface area contributed by atoms with E-state index in [1.165, 1.54) is 11.8 Å². The van der Waals surface area contributed by atoms with Crippen LogP contribution in [0.4, 0.5) is 0 Å². The summed E-state index contributed by atoms with van der Waals surface area (Å²) in [4.78, 5) is 14.0. The highest BCUT2D eigenvalue weighted by molar-refractivity contribution is 7.99. The van der Waals surface area contributed by atoms with Gasteiger partial charge >= 0.3 is 0 Å². The Morgan fingerprint density at radius 3 is 2.71 bits per heavy atom. The molecule has 0 aliphatic carbocycles.